The van der Waals surface area contributed by atoms with Gasteiger partial charge in [0.15, 0.2) is 0 Å². The lowest BCUT2D eigenvalue weighted by Gasteiger charge is -2.03. The number of nitrogens with one attached hydrogen (secondary N) is 1. The molecular formula is C14H16FN3. The predicted octanol–water partition coefficient (Wildman–Crippen LogP) is 2.32. The highest BCUT2D eigenvalue weighted by Crippen LogP contribution is 2.08. The van der Waals surface area contributed by atoms with Crippen LogP contribution in [0.15, 0.2) is 36.7 Å². The summed E-state index contributed by atoms with van der Waals surface area (Å²) in [6.07, 6.45) is 4.17. The summed E-state index contributed by atoms with van der Waals surface area (Å²) in [6.45, 7) is 3.75. The van der Waals surface area contributed by atoms with Gasteiger partial charge in [-0.05, 0) is 24.2 Å². The first-order valence-corrected chi connectivity index (χ1v) is 6.03. The lowest BCUT2D eigenvalue weighted by molar-refractivity contribution is 0.625. The first-order valence-electron chi connectivity index (χ1n) is 6.03. The molecular weight excluding hydrogens is 229 g/mol. The van der Waals surface area contributed by atoms with Gasteiger partial charge in [-0.15, -0.1) is 0 Å². The molecule has 1 aromatic heterocycles. The molecule has 1 N–H and O–H groups in total. The quantitative estimate of drug-likeness (QED) is 0.878. The van der Waals surface area contributed by atoms with E-state index in [1.54, 1.807) is 6.07 Å². The zero-order chi connectivity index (χ0) is 12.8. The summed E-state index contributed by atoms with van der Waals surface area (Å²) < 4.78 is 13.0. The average Bonchev–Trinajstić information content (AvgIpc) is 2.38. The van der Waals surface area contributed by atoms with E-state index in [-0.39, 0.29) is 5.82 Å². The van der Waals surface area contributed by atoms with Gasteiger partial charge in [0.25, 0.3) is 0 Å². The van der Waals surface area contributed by atoms with Crippen molar-refractivity contribution in [3.63, 3.8) is 0 Å². The minimum absolute atomic E-state index is 0.226. The molecule has 94 valence electrons. The SMILES string of the molecule is CCNCc1cnc(Cc2cccc(F)c2)nc1. The van der Waals surface area contributed by atoms with Gasteiger partial charge in [-0.2, -0.15) is 0 Å². The fourth-order valence-corrected chi connectivity index (χ4v) is 1.66. The van der Waals surface area contributed by atoms with E-state index in [4.69, 9.17) is 0 Å². The number of benzene rings is 1. The lowest BCUT2D eigenvalue weighted by Crippen LogP contribution is -2.12. The smallest absolute Gasteiger partial charge is 0.132 e. The molecule has 1 aromatic carbocycles. The molecule has 4 heteroatoms. The number of hydrogen-bond acceptors (Lipinski definition) is 3. The van der Waals surface area contributed by atoms with Gasteiger partial charge in [0.2, 0.25) is 0 Å². The Hall–Kier alpha value is -1.81. The maximum atomic E-state index is 13.0. The Labute approximate surface area is 106 Å². The van der Waals surface area contributed by atoms with Gasteiger partial charge in [0.05, 0.1) is 0 Å². The largest absolute Gasteiger partial charge is 0.313 e. The molecule has 2 rings (SSSR count). The predicted molar refractivity (Wildman–Crippen MR) is 68.6 cm³/mol. The van der Waals surface area contributed by atoms with E-state index in [1.165, 1.54) is 12.1 Å². The topological polar surface area (TPSA) is 37.8 Å². The molecule has 0 amide bonds. The van der Waals surface area contributed by atoms with Crippen LogP contribution >= 0.6 is 0 Å². The Morgan fingerprint density at radius 2 is 1.94 bits per heavy atom. The van der Waals surface area contributed by atoms with Crippen molar-refractivity contribution in [2.24, 2.45) is 0 Å². The molecule has 0 saturated carbocycles. The normalized spacial score (nSPS) is 10.6. The second kappa shape index (κ2) is 6.21. The fourth-order valence-electron chi connectivity index (χ4n) is 1.66. The molecule has 0 atom stereocenters. The van der Waals surface area contributed by atoms with E-state index in [1.807, 2.05) is 18.5 Å². The number of hydrogen-bond donors (Lipinski definition) is 1. The second-order valence-electron chi connectivity index (χ2n) is 4.09. The molecule has 0 unspecified atom stereocenters. The standard InChI is InChI=1S/C14H16FN3/c1-2-16-8-12-9-17-14(18-10-12)7-11-4-3-5-13(15)6-11/h3-6,9-10,16H,2,7-8H2,1H3. The third-order valence-electron chi connectivity index (χ3n) is 2.59. The van der Waals surface area contributed by atoms with Gasteiger partial charge in [-0.25, -0.2) is 14.4 Å². The Balaban J connectivity index is 2.02. The van der Waals surface area contributed by atoms with Gasteiger partial charge < -0.3 is 5.32 Å². The van der Waals surface area contributed by atoms with Crippen LogP contribution in [0, 0.1) is 5.82 Å². The minimum Gasteiger partial charge on any atom is -0.313 e. The Morgan fingerprint density at radius 1 is 1.17 bits per heavy atom. The number of halogens is 1. The van der Waals surface area contributed by atoms with E-state index in [9.17, 15) is 4.39 Å². The maximum Gasteiger partial charge on any atom is 0.132 e. The van der Waals surface area contributed by atoms with Crippen LogP contribution in [0.1, 0.15) is 23.9 Å². The van der Waals surface area contributed by atoms with Crippen LogP contribution in [0.2, 0.25) is 0 Å². The van der Waals surface area contributed by atoms with Gasteiger partial charge in [-0.3, -0.25) is 0 Å². The van der Waals surface area contributed by atoms with Crippen molar-refractivity contribution in [2.45, 2.75) is 19.9 Å². The average molecular weight is 245 g/mol. The molecule has 2 aromatic rings. The zero-order valence-corrected chi connectivity index (χ0v) is 10.4. The van der Waals surface area contributed by atoms with Crippen LogP contribution in [-0.4, -0.2) is 16.5 Å². The van der Waals surface area contributed by atoms with E-state index < -0.39 is 0 Å². The van der Waals surface area contributed by atoms with Crippen LogP contribution < -0.4 is 5.32 Å². The van der Waals surface area contributed by atoms with E-state index in [0.717, 1.165) is 24.2 Å². The summed E-state index contributed by atoms with van der Waals surface area (Å²) in [5.74, 6) is 0.483. The molecule has 18 heavy (non-hydrogen) atoms. The molecule has 0 saturated heterocycles. The first kappa shape index (κ1) is 12.6. The first-order chi connectivity index (χ1) is 8.78. The second-order valence-corrected chi connectivity index (χ2v) is 4.09. The highest BCUT2D eigenvalue weighted by atomic mass is 19.1. The summed E-state index contributed by atoms with van der Waals surface area (Å²) in [4.78, 5) is 8.57. The summed E-state index contributed by atoms with van der Waals surface area (Å²) in [5, 5.41) is 3.21. The monoisotopic (exact) mass is 245 g/mol. The third kappa shape index (κ3) is 3.60. The highest BCUT2D eigenvalue weighted by molar-refractivity contribution is 5.20. The van der Waals surface area contributed by atoms with Gasteiger partial charge in [-0.1, -0.05) is 19.1 Å². The minimum atomic E-state index is -0.226. The van der Waals surface area contributed by atoms with Crippen LogP contribution in [0.25, 0.3) is 0 Å². The molecule has 1 heterocycles. The molecule has 0 aliphatic carbocycles. The Kier molecular flexibility index (Phi) is 4.36. The molecule has 3 nitrogen and oxygen atoms in total. The van der Waals surface area contributed by atoms with Crippen LogP contribution in [0.5, 0.6) is 0 Å². The lowest BCUT2D eigenvalue weighted by atomic mass is 10.1. The summed E-state index contributed by atoms with van der Waals surface area (Å²) in [6, 6.07) is 6.52. The highest BCUT2D eigenvalue weighted by Gasteiger charge is 2.01. The van der Waals surface area contributed by atoms with Crippen molar-refractivity contribution in [1.82, 2.24) is 15.3 Å². The van der Waals surface area contributed by atoms with Gasteiger partial charge in [0.1, 0.15) is 11.6 Å². The molecule has 0 aliphatic heterocycles. The Bertz CT molecular complexity index is 497. The van der Waals surface area contributed by atoms with Gasteiger partial charge >= 0.3 is 0 Å². The number of rotatable bonds is 5. The fraction of sp³-hybridized carbons (Fsp3) is 0.286. The van der Waals surface area contributed by atoms with Crippen molar-refractivity contribution < 1.29 is 4.39 Å². The van der Waals surface area contributed by atoms with Crippen LogP contribution in [-0.2, 0) is 13.0 Å². The van der Waals surface area contributed by atoms with E-state index in [0.29, 0.717) is 12.2 Å². The summed E-state index contributed by atoms with van der Waals surface area (Å²) >= 11 is 0. The van der Waals surface area contributed by atoms with Crippen molar-refractivity contribution in [3.8, 4) is 0 Å². The zero-order valence-electron chi connectivity index (χ0n) is 10.4. The van der Waals surface area contributed by atoms with Crippen molar-refractivity contribution in [3.05, 3.63) is 59.4 Å². The van der Waals surface area contributed by atoms with E-state index >= 15 is 0 Å². The number of aromatic nitrogens is 2. The van der Waals surface area contributed by atoms with Crippen molar-refractivity contribution >= 4 is 0 Å². The summed E-state index contributed by atoms with van der Waals surface area (Å²) in [7, 11) is 0. The molecule has 0 spiro atoms. The Morgan fingerprint density at radius 3 is 2.61 bits per heavy atom. The molecule has 0 radical (unpaired) electrons. The number of nitrogens with zero attached hydrogens (tertiary/aromatic N) is 2. The van der Waals surface area contributed by atoms with Crippen molar-refractivity contribution in [1.29, 1.82) is 0 Å². The molecule has 0 fully saturated rings. The van der Waals surface area contributed by atoms with Crippen LogP contribution in [0.4, 0.5) is 4.39 Å². The van der Waals surface area contributed by atoms with Gasteiger partial charge in [0, 0.05) is 30.9 Å². The summed E-state index contributed by atoms with van der Waals surface area (Å²) in [5.41, 5.74) is 1.94. The third-order valence-corrected chi connectivity index (χ3v) is 2.59. The molecule has 0 bridgehead atoms. The van der Waals surface area contributed by atoms with E-state index in [2.05, 4.69) is 22.2 Å². The molecule has 0 aliphatic rings. The van der Waals surface area contributed by atoms with Crippen molar-refractivity contribution in [2.75, 3.05) is 6.54 Å². The van der Waals surface area contributed by atoms with Crippen LogP contribution in [0.3, 0.4) is 0 Å². The maximum absolute atomic E-state index is 13.0.